The number of hydrogen-bond donors (Lipinski definition) is 5. The summed E-state index contributed by atoms with van der Waals surface area (Å²) in [6.07, 6.45) is 0. The first-order chi connectivity index (χ1) is 16.4. The molecule has 5 N–H and O–H groups in total. The number of rotatable bonds is 6. The number of nitrogens with one attached hydrogen (secondary N) is 5. The summed E-state index contributed by atoms with van der Waals surface area (Å²) in [5.74, 6) is -2.18. The lowest BCUT2D eigenvalue weighted by Crippen LogP contribution is -2.28. The van der Waals surface area contributed by atoms with Crippen LogP contribution in [-0.4, -0.2) is 56.5 Å². The molecule has 0 atom stereocenters. The number of carbonyl (C=O) groups excluding carboxylic acids is 6. The van der Waals surface area contributed by atoms with Crippen LogP contribution in [0.1, 0.15) is 62.2 Å². The molecule has 0 heterocycles. The molecule has 11 heteroatoms. The number of anilines is 2. The molecule has 2 rings (SSSR count). The summed E-state index contributed by atoms with van der Waals surface area (Å²) < 4.78 is 0. The lowest BCUT2D eigenvalue weighted by Gasteiger charge is -2.13. The minimum absolute atomic E-state index is 0.0282. The van der Waals surface area contributed by atoms with E-state index < -0.39 is 17.7 Å². The van der Waals surface area contributed by atoms with Crippen LogP contribution in [0.4, 0.5) is 11.4 Å². The molecule has 0 bridgehead atoms. The van der Waals surface area contributed by atoms with Gasteiger partial charge in [-0.2, -0.15) is 0 Å². The second-order valence-corrected chi connectivity index (χ2v) is 7.18. The van der Waals surface area contributed by atoms with E-state index in [2.05, 4.69) is 26.6 Å². The van der Waals surface area contributed by atoms with Gasteiger partial charge in [0.15, 0.2) is 5.78 Å². The Balaban J connectivity index is 0.000000379. The largest absolute Gasteiger partial charge is 0.355 e. The Bertz CT molecular complexity index is 1130. The third kappa shape index (κ3) is 8.39. The third-order valence-corrected chi connectivity index (χ3v) is 4.46. The average molecular weight is 484 g/mol. The van der Waals surface area contributed by atoms with E-state index in [9.17, 15) is 28.8 Å². The molecule has 0 radical (unpaired) electrons. The highest BCUT2D eigenvalue weighted by Crippen LogP contribution is 2.19. The van der Waals surface area contributed by atoms with E-state index in [0.717, 1.165) is 0 Å². The van der Waals surface area contributed by atoms with Gasteiger partial charge in [-0.15, -0.1) is 0 Å². The van der Waals surface area contributed by atoms with Crippen LogP contribution in [0.25, 0.3) is 0 Å². The van der Waals surface area contributed by atoms with E-state index in [4.69, 9.17) is 0 Å². The molecule has 5 amide bonds. The van der Waals surface area contributed by atoms with Crippen molar-refractivity contribution < 1.29 is 28.8 Å². The van der Waals surface area contributed by atoms with Crippen molar-refractivity contribution in [3.05, 3.63) is 58.7 Å². The van der Waals surface area contributed by atoms with E-state index in [-0.39, 0.29) is 39.9 Å². The number of benzene rings is 2. The van der Waals surface area contributed by atoms with E-state index in [1.165, 1.54) is 54.0 Å². The first kappa shape index (κ1) is 28.5. The number of carbonyl (C=O) groups is 6. The average Bonchev–Trinajstić information content (AvgIpc) is 2.81. The first-order valence-corrected chi connectivity index (χ1v) is 10.5. The van der Waals surface area contributed by atoms with Crippen molar-refractivity contribution in [1.29, 1.82) is 0 Å². The molecule has 35 heavy (non-hydrogen) atoms. The second-order valence-electron chi connectivity index (χ2n) is 7.18. The predicted molar refractivity (Wildman–Crippen MR) is 132 cm³/mol. The molecular formula is C24H29N5O6. The second kappa shape index (κ2) is 13.2. The number of hydrogen-bond acceptors (Lipinski definition) is 6. The summed E-state index contributed by atoms with van der Waals surface area (Å²) in [6, 6.07) is 9.48. The minimum atomic E-state index is -0.520. The Morgan fingerprint density at radius 3 is 1.20 bits per heavy atom. The molecule has 0 unspecified atom stereocenters. The van der Waals surface area contributed by atoms with Crippen molar-refractivity contribution in [1.82, 2.24) is 16.0 Å². The maximum absolute atomic E-state index is 11.9. The molecule has 0 saturated carbocycles. The SMILES string of the molecule is CC(=O)Nc1cccc(NC(C)=O)c1.CNC(=O)c1cc(C(=O)NC)c(C(=O)NC)cc1C(C)=O. The van der Waals surface area contributed by atoms with E-state index in [0.29, 0.717) is 11.4 Å². The van der Waals surface area contributed by atoms with Crippen molar-refractivity contribution in [3.8, 4) is 0 Å². The topological polar surface area (TPSA) is 163 Å². The monoisotopic (exact) mass is 483 g/mol. The van der Waals surface area contributed by atoms with Crippen LogP contribution in [0.2, 0.25) is 0 Å². The Morgan fingerprint density at radius 1 is 0.543 bits per heavy atom. The highest BCUT2D eigenvalue weighted by molar-refractivity contribution is 6.14. The van der Waals surface area contributed by atoms with Crippen LogP contribution >= 0.6 is 0 Å². The smallest absolute Gasteiger partial charge is 0.251 e. The van der Waals surface area contributed by atoms with Gasteiger partial charge in [0.05, 0.1) is 16.7 Å². The molecule has 0 saturated heterocycles. The predicted octanol–water partition coefficient (Wildman–Crippen LogP) is 1.57. The van der Waals surface area contributed by atoms with Crippen molar-refractivity contribution in [2.75, 3.05) is 31.8 Å². The molecule has 0 aliphatic carbocycles. The summed E-state index contributed by atoms with van der Waals surface area (Å²) in [5, 5.41) is 12.5. The van der Waals surface area contributed by atoms with Crippen molar-refractivity contribution in [2.24, 2.45) is 0 Å². The van der Waals surface area contributed by atoms with Crippen LogP contribution in [0, 0.1) is 0 Å². The number of ketones is 1. The molecule has 2 aromatic rings. The molecule has 0 aliphatic heterocycles. The van der Waals surface area contributed by atoms with Gasteiger partial charge in [-0.05, 0) is 37.3 Å². The van der Waals surface area contributed by atoms with Crippen LogP contribution in [-0.2, 0) is 9.59 Å². The van der Waals surface area contributed by atoms with E-state index in [1.54, 1.807) is 24.3 Å². The van der Waals surface area contributed by atoms with Gasteiger partial charge >= 0.3 is 0 Å². The van der Waals surface area contributed by atoms with Crippen LogP contribution in [0.5, 0.6) is 0 Å². The summed E-state index contributed by atoms with van der Waals surface area (Å²) in [6.45, 7) is 4.16. The zero-order valence-corrected chi connectivity index (χ0v) is 20.4. The first-order valence-electron chi connectivity index (χ1n) is 10.5. The quantitative estimate of drug-likeness (QED) is 0.392. The van der Waals surface area contributed by atoms with Crippen molar-refractivity contribution >= 4 is 46.7 Å². The Hall–Kier alpha value is -4.54. The molecule has 2 aromatic carbocycles. The van der Waals surface area contributed by atoms with Gasteiger partial charge < -0.3 is 26.6 Å². The number of amides is 5. The molecule has 0 aliphatic rings. The Morgan fingerprint density at radius 2 is 0.886 bits per heavy atom. The summed E-state index contributed by atoms with van der Waals surface area (Å²) in [5.41, 5.74) is 1.54. The summed E-state index contributed by atoms with van der Waals surface area (Å²) in [7, 11) is 4.24. The maximum Gasteiger partial charge on any atom is 0.251 e. The van der Waals surface area contributed by atoms with Gasteiger partial charge in [0, 0.05) is 51.9 Å². The highest BCUT2D eigenvalue weighted by atomic mass is 16.2. The highest BCUT2D eigenvalue weighted by Gasteiger charge is 2.23. The van der Waals surface area contributed by atoms with E-state index in [1.807, 2.05) is 0 Å². The number of Topliss-reactive ketones (excluding diaryl/α,β-unsaturated/α-hetero) is 1. The lowest BCUT2D eigenvalue weighted by molar-refractivity contribution is -0.115. The lowest BCUT2D eigenvalue weighted by atomic mass is 9.94. The Kier molecular flexibility index (Phi) is 10.8. The van der Waals surface area contributed by atoms with Crippen molar-refractivity contribution in [3.63, 3.8) is 0 Å². The summed E-state index contributed by atoms with van der Waals surface area (Å²) in [4.78, 5) is 68.8. The fraction of sp³-hybridized carbons (Fsp3) is 0.250. The van der Waals surface area contributed by atoms with Gasteiger partial charge in [0.2, 0.25) is 11.8 Å². The molecule has 186 valence electrons. The summed E-state index contributed by atoms with van der Waals surface area (Å²) >= 11 is 0. The van der Waals surface area contributed by atoms with E-state index >= 15 is 0 Å². The zero-order valence-electron chi connectivity index (χ0n) is 20.4. The van der Waals surface area contributed by atoms with Crippen LogP contribution < -0.4 is 26.6 Å². The standard InChI is InChI=1S/C14H17N3O4.C10H12N2O2/c1-7(18)8-5-10(13(20)16-3)11(14(21)17-4)6-9(8)12(19)15-2;1-7(13)11-9-4-3-5-10(6-9)12-8(2)14/h5-6H,1-4H3,(H,15,19)(H,16,20)(H,17,21);3-6H,1-2H3,(H,11,13)(H,12,14). The minimum Gasteiger partial charge on any atom is -0.355 e. The van der Waals surface area contributed by atoms with Gasteiger partial charge in [0.1, 0.15) is 0 Å². The normalized spacial score (nSPS) is 9.54. The Labute approximate surface area is 203 Å². The van der Waals surface area contributed by atoms with Gasteiger partial charge in [-0.1, -0.05) is 6.07 Å². The fourth-order valence-corrected chi connectivity index (χ4v) is 2.94. The zero-order chi connectivity index (χ0) is 26.7. The van der Waals surface area contributed by atoms with Gasteiger partial charge in [-0.25, -0.2) is 0 Å². The third-order valence-electron chi connectivity index (χ3n) is 4.46. The van der Waals surface area contributed by atoms with Gasteiger partial charge in [-0.3, -0.25) is 28.8 Å². The molecule has 11 nitrogen and oxygen atoms in total. The van der Waals surface area contributed by atoms with Crippen LogP contribution in [0.3, 0.4) is 0 Å². The maximum atomic E-state index is 11.9. The molecule has 0 spiro atoms. The molecule has 0 aromatic heterocycles. The fourth-order valence-electron chi connectivity index (χ4n) is 2.94. The molecule has 0 fully saturated rings. The van der Waals surface area contributed by atoms with Crippen molar-refractivity contribution in [2.45, 2.75) is 20.8 Å². The van der Waals surface area contributed by atoms with Crippen LogP contribution in [0.15, 0.2) is 36.4 Å². The van der Waals surface area contributed by atoms with Gasteiger partial charge in [0.25, 0.3) is 17.7 Å². The molecular weight excluding hydrogens is 454 g/mol.